The lowest BCUT2D eigenvalue weighted by Crippen LogP contribution is -2.42. The molecule has 0 atom stereocenters. The highest BCUT2D eigenvalue weighted by Gasteiger charge is 2.33. The van der Waals surface area contributed by atoms with Crippen LogP contribution in [-0.4, -0.2) is 49.7 Å². The predicted octanol–water partition coefficient (Wildman–Crippen LogP) is 2.06. The van der Waals surface area contributed by atoms with Crippen LogP contribution < -0.4 is 5.01 Å². The molecular weight excluding hydrogens is 326 g/mol. The van der Waals surface area contributed by atoms with Crippen LogP contribution in [0.25, 0.3) is 0 Å². The molecule has 0 aromatic heterocycles. The number of para-hydroxylation sites is 1. The molecule has 0 amide bonds. The molecule has 0 radical (unpaired) electrons. The van der Waals surface area contributed by atoms with Gasteiger partial charge in [0.05, 0.1) is 5.69 Å². The third-order valence-electron chi connectivity index (χ3n) is 4.08. The molecule has 0 unspecified atom stereocenters. The van der Waals surface area contributed by atoms with Crippen LogP contribution in [0, 0.1) is 0 Å². The van der Waals surface area contributed by atoms with E-state index in [1.54, 1.807) is 25.2 Å². The Hall–Kier alpha value is -2.19. The quantitative estimate of drug-likeness (QED) is 0.836. The number of anilines is 1. The molecule has 2 aliphatic rings. The number of rotatable bonds is 4. The molecule has 3 rings (SSSR count). The summed E-state index contributed by atoms with van der Waals surface area (Å²) < 4.78 is 27.0. The number of benzene rings is 1. The number of hydrazine groups is 1. The van der Waals surface area contributed by atoms with Gasteiger partial charge in [-0.25, -0.2) is 27.7 Å². The number of allylic oxidation sites excluding steroid dienone is 2. The van der Waals surface area contributed by atoms with Gasteiger partial charge in [0.15, 0.2) is 0 Å². The summed E-state index contributed by atoms with van der Waals surface area (Å²) in [7, 11) is -1.98. The fourth-order valence-electron chi connectivity index (χ4n) is 2.76. The van der Waals surface area contributed by atoms with Gasteiger partial charge in [-0.1, -0.05) is 19.1 Å². The highest BCUT2D eigenvalue weighted by Crippen LogP contribution is 2.32. The summed E-state index contributed by atoms with van der Waals surface area (Å²) in [6.45, 7) is 6.43. The number of fused-ring (bicyclic) bond motifs is 1. The SMILES string of the molecule is CCN(C)S(=O)(=O)c1ccccc1N1CN=C2N=C(C)C=C(C)N21. The molecule has 0 bridgehead atoms. The van der Waals surface area contributed by atoms with Crippen LogP contribution in [0.15, 0.2) is 50.9 Å². The molecule has 0 saturated heterocycles. The van der Waals surface area contributed by atoms with Crippen LogP contribution in [0.5, 0.6) is 0 Å². The Morgan fingerprint density at radius 2 is 1.96 bits per heavy atom. The Balaban J connectivity index is 2.06. The molecule has 0 saturated carbocycles. The van der Waals surface area contributed by atoms with Crippen LogP contribution in [0.3, 0.4) is 0 Å². The van der Waals surface area contributed by atoms with Crippen molar-refractivity contribution >= 4 is 27.4 Å². The van der Waals surface area contributed by atoms with Gasteiger partial charge >= 0.3 is 0 Å². The molecule has 24 heavy (non-hydrogen) atoms. The first-order valence-corrected chi connectivity index (χ1v) is 9.21. The second kappa shape index (κ2) is 6.03. The van der Waals surface area contributed by atoms with Crippen molar-refractivity contribution in [3.63, 3.8) is 0 Å². The van der Waals surface area contributed by atoms with Gasteiger partial charge in [-0.3, -0.25) is 5.01 Å². The lowest BCUT2D eigenvalue weighted by molar-refractivity contribution is 0.477. The average Bonchev–Trinajstić information content (AvgIpc) is 2.97. The van der Waals surface area contributed by atoms with Gasteiger partial charge in [-0.05, 0) is 32.1 Å². The first kappa shape index (κ1) is 16.7. The van der Waals surface area contributed by atoms with Gasteiger partial charge < -0.3 is 0 Å². The summed E-state index contributed by atoms with van der Waals surface area (Å²) in [5.41, 5.74) is 2.44. The van der Waals surface area contributed by atoms with E-state index in [0.29, 0.717) is 24.9 Å². The summed E-state index contributed by atoms with van der Waals surface area (Å²) in [6.07, 6.45) is 1.95. The molecule has 0 aliphatic carbocycles. The van der Waals surface area contributed by atoms with Crippen LogP contribution in [-0.2, 0) is 10.0 Å². The summed E-state index contributed by atoms with van der Waals surface area (Å²) in [5, 5.41) is 3.70. The smallest absolute Gasteiger partial charge is 0.246 e. The minimum atomic E-state index is -3.56. The predicted molar refractivity (Wildman–Crippen MR) is 95.4 cm³/mol. The van der Waals surface area contributed by atoms with E-state index in [1.807, 2.05) is 42.9 Å². The van der Waals surface area contributed by atoms with Crippen molar-refractivity contribution in [3.05, 3.63) is 36.0 Å². The Kier molecular flexibility index (Phi) is 4.18. The Morgan fingerprint density at radius 1 is 1.25 bits per heavy atom. The fourth-order valence-corrected chi connectivity index (χ4v) is 4.13. The third-order valence-corrected chi connectivity index (χ3v) is 6.06. The molecular formula is C16H21N5O2S. The van der Waals surface area contributed by atoms with Crippen LogP contribution in [0.1, 0.15) is 20.8 Å². The van der Waals surface area contributed by atoms with Crippen molar-refractivity contribution in [1.82, 2.24) is 9.31 Å². The second-order valence-corrected chi connectivity index (χ2v) is 7.75. The first-order valence-electron chi connectivity index (χ1n) is 7.77. The molecule has 1 aromatic carbocycles. The molecule has 0 fully saturated rings. The van der Waals surface area contributed by atoms with Crippen LogP contribution >= 0.6 is 0 Å². The van der Waals surface area contributed by atoms with Crippen molar-refractivity contribution in [2.45, 2.75) is 25.7 Å². The van der Waals surface area contributed by atoms with E-state index < -0.39 is 10.0 Å². The van der Waals surface area contributed by atoms with Gasteiger partial charge in [0.2, 0.25) is 16.0 Å². The monoisotopic (exact) mass is 347 g/mol. The molecule has 2 aliphatic heterocycles. The molecule has 7 nitrogen and oxygen atoms in total. The van der Waals surface area contributed by atoms with Crippen LogP contribution in [0.2, 0.25) is 0 Å². The maximum Gasteiger partial charge on any atom is 0.246 e. The lowest BCUT2D eigenvalue weighted by atomic mass is 10.3. The maximum atomic E-state index is 12.8. The van der Waals surface area contributed by atoms with E-state index in [0.717, 1.165) is 11.4 Å². The van der Waals surface area contributed by atoms with Gasteiger partial charge in [-0.15, -0.1) is 0 Å². The van der Waals surface area contributed by atoms with Crippen molar-refractivity contribution in [2.24, 2.45) is 9.98 Å². The highest BCUT2D eigenvalue weighted by atomic mass is 32.2. The fraction of sp³-hybridized carbons (Fsp3) is 0.375. The Labute approximate surface area is 142 Å². The van der Waals surface area contributed by atoms with Gasteiger partial charge in [0.1, 0.15) is 11.6 Å². The Bertz CT molecular complexity index is 857. The molecule has 2 heterocycles. The zero-order chi connectivity index (χ0) is 17.5. The van der Waals surface area contributed by atoms with E-state index in [2.05, 4.69) is 9.98 Å². The molecule has 1 aromatic rings. The Morgan fingerprint density at radius 3 is 2.67 bits per heavy atom. The van der Waals surface area contributed by atoms with Gasteiger partial charge in [0, 0.05) is 25.0 Å². The minimum absolute atomic E-state index is 0.268. The minimum Gasteiger partial charge on any atom is -0.255 e. The molecule has 0 N–H and O–H groups in total. The zero-order valence-corrected chi connectivity index (χ0v) is 15.1. The number of guanidine groups is 1. The van der Waals surface area contributed by atoms with Gasteiger partial charge in [0.25, 0.3) is 0 Å². The molecule has 8 heteroatoms. The largest absolute Gasteiger partial charge is 0.255 e. The lowest BCUT2D eigenvalue weighted by Gasteiger charge is -2.34. The van der Waals surface area contributed by atoms with Crippen molar-refractivity contribution < 1.29 is 8.42 Å². The van der Waals surface area contributed by atoms with E-state index in [4.69, 9.17) is 0 Å². The maximum absolute atomic E-state index is 12.8. The normalized spacial score (nSPS) is 17.6. The summed E-state index contributed by atoms with van der Waals surface area (Å²) in [5.74, 6) is 0.587. The van der Waals surface area contributed by atoms with E-state index in [1.165, 1.54) is 4.31 Å². The average molecular weight is 347 g/mol. The topological polar surface area (TPSA) is 68.6 Å². The second-order valence-electron chi connectivity index (χ2n) is 5.74. The third kappa shape index (κ3) is 2.61. The summed E-state index contributed by atoms with van der Waals surface area (Å²) in [6, 6.07) is 6.99. The van der Waals surface area contributed by atoms with E-state index >= 15 is 0 Å². The summed E-state index contributed by atoms with van der Waals surface area (Å²) in [4.78, 5) is 9.13. The van der Waals surface area contributed by atoms with Gasteiger partial charge in [-0.2, -0.15) is 0 Å². The standard InChI is InChI=1S/C16H21N5O2S/c1-5-19(4)24(22,23)15-9-7-6-8-14(15)20-11-17-16-18-12(2)10-13(3)21(16)20/h6-10H,5,11H2,1-4H3. The first-order chi connectivity index (χ1) is 11.4. The molecule has 0 spiro atoms. The van der Waals surface area contributed by atoms with E-state index in [-0.39, 0.29) is 4.90 Å². The van der Waals surface area contributed by atoms with Crippen molar-refractivity contribution in [3.8, 4) is 0 Å². The van der Waals surface area contributed by atoms with Crippen LogP contribution in [0.4, 0.5) is 5.69 Å². The van der Waals surface area contributed by atoms with E-state index in [9.17, 15) is 8.42 Å². The number of hydrogen-bond acceptors (Lipinski definition) is 6. The summed E-state index contributed by atoms with van der Waals surface area (Å²) >= 11 is 0. The van der Waals surface area contributed by atoms with Crippen molar-refractivity contribution in [1.29, 1.82) is 0 Å². The molecule has 128 valence electrons. The number of sulfonamides is 1. The zero-order valence-electron chi connectivity index (χ0n) is 14.3. The highest BCUT2D eigenvalue weighted by molar-refractivity contribution is 7.89. The number of nitrogens with zero attached hydrogens (tertiary/aromatic N) is 5. The van der Waals surface area contributed by atoms with Crippen molar-refractivity contribution in [2.75, 3.05) is 25.3 Å². The number of aliphatic imine (C=N–C) groups is 2. The number of hydrogen-bond donors (Lipinski definition) is 0.